The molecule has 106 valence electrons. The average molecular weight is 272 g/mol. The lowest BCUT2D eigenvalue weighted by molar-refractivity contribution is -0.129. The summed E-state index contributed by atoms with van der Waals surface area (Å²) in [6.45, 7) is 3.18. The molecule has 2 aliphatic rings. The molecule has 1 saturated carbocycles. The quantitative estimate of drug-likeness (QED) is 0.905. The smallest absolute Gasteiger partial charge is 0.225 e. The third-order valence-electron chi connectivity index (χ3n) is 4.10. The van der Waals surface area contributed by atoms with Gasteiger partial charge in [0.1, 0.15) is 0 Å². The summed E-state index contributed by atoms with van der Waals surface area (Å²) in [5, 5.41) is 2.94. The largest absolute Gasteiger partial charge is 0.352 e. The molecule has 1 saturated heterocycles. The van der Waals surface area contributed by atoms with Crippen molar-refractivity contribution in [1.29, 1.82) is 0 Å². The number of amides is 2. The van der Waals surface area contributed by atoms with Crippen molar-refractivity contribution in [1.82, 2.24) is 10.2 Å². The second-order valence-electron chi connectivity index (χ2n) is 5.88. The van der Waals surface area contributed by atoms with Gasteiger partial charge in [0.05, 0.1) is 5.92 Å². The summed E-state index contributed by atoms with van der Waals surface area (Å²) < 4.78 is 0. The molecule has 0 radical (unpaired) electrons. The van der Waals surface area contributed by atoms with E-state index in [1.165, 1.54) is 5.56 Å². The van der Waals surface area contributed by atoms with Crippen LogP contribution in [0.4, 0.5) is 0 Å². The molecule has 1 N–H and O–H groups in total. The van der Waals surface area contributed by atoms with Gasteiger partial charge in [-0.05, 0) is 25.3 Å². The fourth-order valence-corrected chi connectivity index (χ4v) is 2.69. The van der Waals surface area contributed by atoms with Gasteiger partial charge >= 0.3 is 0 Å². The van der Waals surface area contributed by atoms with E-state index < -0.39 is 0 Å². The molecule has 0 spiro atoms. The number of aryl methyl sites for hydroxylation is 1. The average Bonchev–Trinajstić information content (AvgIpc) is 3.21. The second-order valence-corrected chi connectivity index (χ2v) is 5.88. The van der Waals surface area contributed by atoms with Crippen LogP contribution in [0.5, 0.6) is 0 Å². The molecule has 0 unspecified atom stereocenters. The SMILES string of the molecule is Cc1ccc(CNC(=O)[C@@H]2CC(=O)N(C3CC3)C2)cc1. The number of carbonyl (C=O) groups is 2. The molecular formula is C16H20N2O2. The van der Waals surface area contributed by atoms with Gasteiger partial charge in [-0.2, -0.15) is 0 Å². The van der Waals surface area contributed by atoms with Crippen molar-refractivity contribution in [2.75, 3.05) is 6.54 Å². The van der Waals surface area contributed by atoms with Crippen LogP contribution in [-0.2, 0) is 16.1 Å². The predicted octanol–water partition coefficient (Wildman–Crippen LogP) is 1.62. The highest BCUT2D eigenvalue weighted by Crippen LogP contribution is 2.32. The summed E-state index contributed by atoms with van der Waals surface area (Å²) in [4.78, 5) is 25.8. The minimum atomic E-state index is -0.173. The first-order valence-corrected chi connectivity index (χ1v) is 7.26. The molecule has 1 aromatic carbocycles. The molecule has 1 aliphatic carbocycles. The summed E-state index contributed by atoms with van der Waals surface area (Å²) in [7, 11) is 0. The molecule has 20 heavy (non-hydrogen) atoms. The number of likely N-dealkylation sites (tertiary alicyclic amines) is 1. The highest BCUT2D eigenvalue weighted by Gasteiger charge is 2.41. The summed E-state index contributed by atoms with van der Waals surface area (Å²) in [5.74, 6) is -0.0291. The fraction of sp³-hybridized carbons (Fsp3) is 0.500. The Labute approximate surface area is 119 Å². The Bertz CT molecular complexity index is 520. The number of hydrogen-bond acceptors (Lipinski definition) is 2. The van der Waals surface area contributed by atoms with E-state index in [9.17, 15) is 9.59 Å². The molecule has 1 heterocycles. The van der Waals surface area contributed by atoms with E-state index in [0.717, 1.165) is 18.4 Å². The molecule has 2 fully saturated rings. The number of benzene rings is 1. The number of nitrogens with zero attached hydrogens (tertiary/aromatic N) is 1. The van der Waals surface area contributed by atoms with Crippen molar-refractivity contribution in [2.24, 2.45) is 5.92 Å². The topological polar surface area (TPSA) is 49.4 Å². The zero-order valence-corrected chi connectivity index (χ0v) is 11.8. The van der Waals surface area contributed by atoms with Gasteiger partial charge in [0.2, 0.25) is 11.8 Å². The molecule has 4 heteroatoms. The van der Waals surface area contributed by atoms with Crippen molar-refractivity contribution in [2.45, 2.75) is 38.8 Å². The summed E-state index contributed by atoms with van der Waals surface area (Å²) in [6, 6.07) is 8.53. The molecule has 4 nitrogen and oxygen atoms in total. The molecular weight excluding hydrogens is 252 g/mol. The molecule has 1 atom stereocenters. The van der Waals surface area contributed by atoms with Gasteiger partial charge < -0.3 is 10.2 Å². The number of carbonyl (C=O) groups excluding carboxylic acids is 2. The van der Waals surface area contributed by atoms with Crippen molar-refractivity contribution < 1.29 is 9.59 Å². The fourth-order valence-electron chi connectivity index (χ4n) is 2.69. The summed E-state index contributed by atoms with van der Waals surface area (Å²) >= 11 is 0. The van der Waals surface area contributed by atoms with E-state index in [0.29, 0.717) is 25.6 Å². The van der Waals surface area contributed by atoms with Crippen molar-refractivity contribution in [3.05, 3.63) is 35.4 Å². The van der Waals surface area contributed by atoms with E-state index in [1.807, 2.05) is 36.1 Å². The third kappa shape index (κ3) is 2.84. The van der Waals surface area contributed by atoms with Crippen molar-refractivity contribution >= 4 is 11.8 Å². The Hall–Kier alpha value is -1.84. The third-order valence-corrected chi connectivity index (χ3v) is 4.10. The number of nitrogens with one attached hydrogen (secondary N) is 1. The first-order chi connectivity index (χ1) is 9.63. The molecule has 0 bridgehead atoms. The van der Waals surface area contributed by atoms with Crippen LogP contribution in [0.15, 0.2) is 24.3 Å². The van der Waals surface area contributed by atoms with Crippen molar-refractivity contribution in [3.63, 3.8) is 0 Å². The Morgan fingerprint density at radius 3 is 2.65 bits per heavy atom. The molecule has 1 aromatic rings. The van der Waals surface area contributed by atoms with Gasteiger partial charge in [0.25, 0.3) is 0 Å². The molecule has 3 rings (SSSR count). The van der Waals surface area contributed by atoms with Crippen LogP contribution in [0.25, 0.3) is 0 Å². The molecule has 0 aromatic heterocycles. The van der Waals surface area contributed by atoms with Crippen LogP contribution in [0.1, 0.15) is 30.4 Å². The maximum atomic E-state index is 12.1. The molecule has 2 amide bonds. The molecule has 1 aliphatic heterocycles. The lowest BCUT2D eigenvalue weighted by Crippen LogP contribution is -2.33. The Kier molecular flexibility index (Phi) is 3.47. The minimum absolute atomic E-state index is 0.00192. The second kappa shape index (κ2) is 5.27. The lowest BCUT2D eigenvalue weighted by atomic mass is 10.1. The lowest BCUT2D eigenvalue weighted by Gasteiger charge is -2.15. The van der Waals surface area contributed by atoms with Crippen LogP contribution in [0.3, 0.4) is 0 Å². The predicted molar refractivity (Wildman–Crippen MR) is 75.9 cm³/mol. The van der Waals surface area contributed by atoms with E-state index in [4.69, 9.17) is 0 Å². The van der Waals surface area contributed by atoms with Gasteiger partial charge in [0.15, 0.2) is 0 Å². The van der Waals surface area contributed by atoms with Crippen molar-refractivity contribution in [3.8, 4) is 0 Å². The van der Waals surface area contributed by atoms with E-state index >= 15 is 0 Å². The number of rotatable bonds is 4. The first-order valence-electron chi connectivity index (χ1n) is 7.26. The van der Waals surface area contributed by atoms with E-state index in [2.05, 4.69) is 5.32 Å². The highest BCUT2D eigenvalue weighted by atomic mass is 16.2. The van der Waals surface area contributed by atoms with Gasteiger partial charge in [-0.25, -0.2) is 0 Å². The highest BCUT2D eigenvalue weighted by molar-refractivity contribution is 5.89. The van der Waals surface area contributed by atoms with E-state index in [-0.39, 0.29) is 17.7 Å². The van der Waals surface area contributed by atoms with Crippen LogP contribution in [-0.4, -0.2) is 29.3 Å². The Morgan fingerprint density at radius 2 is 2.00 bits per heavy atom. The van der Waals surface area contributed by atoms with Crippen LogP contribution in [0.2, 0.25) is 0 Å². The summed E-state index contributed by atoms with van der Waals surface area (Å²) in [6.07, 6.45) is 2.57. The van der Waals surface area contributed by atoms with Crippen LogP contribution in [0, 0.1) is 12.8 Å². The zero-order chi connectivity index (χ0) is 14.1. The van der Waals surface area contributed by atoms with E-state index in [1.54, 1.807) is 0 Å². The summed E-state index contributed by atoms with van der Waals surface area (Å²) in [5.41, 5.74) is 2.30. The number of hydrogen-bond donors (Lipinski definition) is 1. The maximum Gasteiger partial charge on any atom is 0.225 e. The maximum absolute atomic E-state index is 12.1. The first kappa shape index (κ1) is 13.2. The van der Waals surface area contributed by atoms with Crippen LogP contribution >= 0.6 is 0 Å². The van der Waals surface area contributed by atoms with Gasteiger partial charge in [-0.3, -0.25) is 9.59 Å². The zero-order valence-electron chi connectivity index (χ0n) is 11.8. The van der Waals surface area contributed by atoms with Crippen LogP contribution < -0.4 is 5.32 Å². The minimum Gasteiger partial charge on any atom is -0.352 e. The van der Waals surface area contributed by atoms with Gasteiger partial charge in [-0.1, -0.05) is 29.8 Å². The Balaban J connectivity index is 1.52. The van der Waals surface area contributed by atoms with Gasteiger partial charge in [-0.15, -0.1) is 0 Å². The van der Waals surface area contributed by atoms with Gasteiger partial charge in [0, 0.05) is 25.6 Å². The monoisotopic (exact) mass is 272 g/mol. The Morgan fingerprint density at radius 1 is 1.30 bits per heavy atom. The standard InChI is InChI=1S/C16H20N2O2/c1-11-2-4-12(5-3-11)9-17-16(20)13-8-15(19)18(10-13)14-6-7-14/h2-5,13-14H,6-10H2,1H3,(H,17,20)/t13-/m1/s1. The normalized spacial score (nSPS) is 22.1.